The second-order valence-electron chi connectivity index (χ2n) is 6.80. The van der Waals surface area contributed by atoms with Crippen molar-refractivity contribution in [2.24, 2.45) is 5.92 Å². The molecule has 2 fully saturated rings. The Morgan fingerprint density at radius 1 is 1.09 bits per heavy atom. The molecule has 0 radical (unpaired) electrons. The Hall–Kier alpha value is -1.84. The van der Waals surface area contributed by atoms with E-state index in [1.165, 1.54) is 32.1 Å². The molecule has 1 aliphatic carbocycles. The Balaban J connectivity index is 1.46. The first-order chi connectivity index (χ1) is 11.2. The van der Waals surface area contributed by atoms with Gasteiger partial charge in [0.15, 0.2) is 0 Å². The standard InChI is InChI=1S/C19H26N2O2/c22-18(13-15-5-2-1-3-6-15)20-14-16-8-10-17(11-9-16)21-12-4-7-19(21)23/h8-11,15H,1-7,12-14H2,(H,20,22). The lowest BCUT2D eigenvalue weighted by atomic mass is 9.87. The highest BCUT2D eigenvalue weighted by Gasteiger charge is 2.21. The summed E-state index contributed by atoms with van der Waals surface area (Å²) in [5, 5.41) is 3.02. The molecule has 1 saturated carbocycles. The molecule has 124 valence electrons. The first-order valence-corrected chi connectivity index (χ1v) is 8.88. The molecule has 4 nitrogen and oxygen atoms in total. The van der Waals surface area contributed by atoms with E-state index < -0.39 is 0 Å². The number of hydrogen-bond donors (Lipinski definition) is 1. The summed E-state index contributed by atoms with van der Waals surface area (Å²) in [7, 11) is 0. The van der Waals surface area contributed by atoms with Crippen molar-refractivity contribution in [3.8, 4) is 0 Å². The van der Waals surface area contributed by atoms with Gasteiger partial charge in [-0.05, 0) is 42.9 Å². The second kappa shape index (κ2) is 7.62. The number of nitrogens with zero attached hydrogens (tertiary/aromatic N) is 1. The molecule has 1 aliphatic heterocycles. The van der Waals surface area contributed by atoms with Crippen LogP contribution in [-0.4, -0.2) is 18.4 Å². The third kappa shape index (κ3) is 4.34. The number of anilines is 1. The molecule has 4 heteroatoms. The zero-order chi connectivity index (χ0) is 16.1. The van der Waals surface area contributed by atoms with Gasteiger partial charge in [-0.2, -0.15) is 0 Å². The van der Waals surface area contributed by atoms with E-state index in [0.29, 0.717) is 25.3 Å². The third-order valence-electron chi connectivity index (χ3n) is 5.01. The molecular weight excluding hydrogens is 288 g/mol. The zero-order valence-electron chi connectivity index (χ0n) is 13.7. The molecule has 0 bridgehead atoms. The largest absolute Gasteiger partial charge is 0.352 e. The van der Waals surface area contributed by atoms with Crippen LogP contribution in [0, 0.1) is 5.92 Å². The SMILES string of the molecule is O=C(CC1CCCCC1)NCc1ccc(N2CCCC2=O)cc1. The number of rotatable bonds is 5. The van der Waals surface area contributed by atoms with Crippen molar-refractivity contribution in [1.29, 1.82) is 0 Å². The van der Waals surface area contributed by atoms with Crippen LogP contribution in [0.25, 0.3) is 0 Å². The smallest absolute Gasteiger partial charge is 0.227 e. The molecule has 2 aliphatic rings. The fourth-order valence-electron chi connectivity index (χ4n) is 3.64. The molecule has 1 N–H and O–H groups in total. The molecule has 0 aromatic heterocycles. The third-order valence-corrected chi connectivity index (χ3v) is 5.01. The van der Waals surface area contributed by atoms with E-state index in [-0.39, 0.29) is 11.8 Å². The van der Waals surface area contributed by atoms with Gasteiger partial charge in [-0.15, -0.1) is 0 Å². The summed E-state index contributed by atoms with van der Waals surface area (Å²) in [6.45, 7) is 1.39. The van der Waals surface area contributed by atoms with E-state index in [9.17, 15) is 9.59 Å². The second-order valence-corrected chi connectivity index (χ2v) is 6.80. The van der Waals surface area contributed by atoms with Crippen LogP contribution in [0.3, 0.4) is 0 Å². The summed E-state index contributed by atoms with van der Waals surface area (Å²) in [5.41, 5.74) is 2.04. The molecule has 0 atom stereocenters. The minimum absolute atomic E-state index is 0.163. The Kier molecular flexibility index (Phi) is 5.31. The van der Waals surface area contributed by atoms with Gasteiger partial charge in [0.25, 0.3) is 0 Å². The molecule has 1 heterocycles. The van der Waals surface area contributed by atoms with E-state index in [1.807, 2.05) is 29.2 Å². The summed E-state index contributed by atoms with van der Waals surface area (Å²) < 4.78 is 0. The summed E-state index contributed by atoms with van der Waals surface area (Å²) in [5.74, 6) is 0.946. The van der Waals surface area contributed by atoms with Crippen LogP contribution in [-0.2, 0) is 16.1 Å². The highest BCUT2D eigenvalue weighted by atomic mass is 16.2. The predicted octanol–water partition coefficient (Wildman–Crippen LogP) is 3.40. The molecular formula is C19H26N2O2. The molecule has 3 rings (SSSR count). The maximum absolute atomic E-state index is 12.0. The van der Waals surface area contributed by atoms with E-state index in [4.69, 9.17) is 0 Å². The number of hydrogen-bond acceptors (Lipinski definition) is 2. The number of carbonyl (C=O) groups is 2. The zero-order valence-corrected chi connectivity index (χ0v) is 13.7. The van der Waals surface area contributed by atoms with Gasteiger partial charge in [0.2, 0.25) is 11.8 Å². The highest BCUT2D eigenvalue weighted by molar-refractivity contribution is 5.95. The number of carbonyl (C=O) groups excluding carboxylic acids is 2. The summed E-state index contributed by atoms with van der Waals surface area (Å²) in [6.07, 6.45) is 8.53. The quantitative estimate of drug-likeness (QED) is 0.905. The van der Waals surface area contributed by atoms with Crippen LogP contribution in [0.1, 0.15) is 56.9 Å². The van der Waals surface area contributed by atoms with Crippen LogP contribution in [0.5, 0.6) is 0 Å². The maximum atomic E-state index is 12.0. The van der Waals surface area contributed by atoms with Gasteiger partial charge in [-0.3, -0.25) is 9.59 Å². The Morgan fingerprint density at radius 2 is 1.83 bits per heavy atom. The number of nitrogens with one attached hydrogen (secondary N) is 1. The van der Waals surface area contributed by atoms with E-state index >= 15 is 0 Å². The fraction of sp³-hybridized carbons (Fsp3) is 0.579. The molecule has 1 aromatic carbocycles. The predicted molar refractivity (Wildman–Crippen MR) is 91.1 cm³/mol. The van der Waals surface area contributed by atoms with Crippen LogP contribution < -0.4 is 10.2 Å². The minimum Gasteiger partial charge on any atom is -0.352 e. The summed E-state index contributed by atoms with van der Waals surface area (Å²) in [6, 6.07) is 7.96. The van der Waals surface area contributed by atoms with Crippen molar-refractivity contribution in [1.82, 2.24) is 5.32 Å². The van der Waals surface area contributed by atoms with Crippen molar-refractivity contribution < 1.29 is 9.59 Å². The Morgan fingerprint density at radius 3 is 2.48 bits per heavy atom. The molecule has 2 amide bonds. The van der Waals surface area contributed by atoms with Crippen molar-refractivity contribution in [2.45, 2.75) is 57.9 Å². The first kappa shape index (κ1) is 16.0. The fourth-order valence-corrected chi connectivity index (χ4v) is 3.64. The lowest BCUT2D eigenvalue weighted by Crippen LogP contribution is -2.26. The molecule has 1 aromatic rings. The molecule has 23 heavy (non-hydrogen) atoms. The van der Waals surface area contributed by atoms with Gasteiger partial charge in [-0.1, -0.05) is 31.4 Å². The first-order valence-electron chi connectivity index (χ1n) is 8.88. The average Bonchev–Trinajstić information content (AvgIpc) is 3.00. The van der Waals surface area contributed by atoms with E-state index in [0.717, 1.165) is 24.2 Å². The van der Waals surface area contributed by atoms with E-state index in [1.54, 1.807) is 0 Å². The van der Waals surface area contributed by atoms with Gasteiger partial charge >= 0.3 is 0 Å². The Bertz CT molecular complexity index is 547. The van der Waals surface area contributed by atoms with Gasteiger partial charge in [-0.25, -0.2) is 0 Å². The highest BCUT2D eigenvalue weighted by Crippen LogP contribution is 2.26. The van der Waals surface area contributed by atoms with Gasteiger partial charge < -0.3 is 10.2 Å². The summed E-state index contributed by atoms with van der Waals surface area (Å²) >= 11 is 0. The topological polar surface area (TPSA) is 49.4 Å². The molecule has 1 saturated heterocycles. The van der Waals surface area contributed by atoms with Crippen LogP contribution >= 0.6 is 0 Å². The van der Waals surface area contributed by atoms with Crippen molar-refractivity contribution >= 4 is 17.5 Å². The average molecular weight is 314 g/mol. The van der Waals surface area contributed by atoms with E-state index in [2.05, 4.69) is 5.32 Å². The van der Waals surface area contributed by atoms with Crippen molar-refractivity contribution in [2.75, 3.05) is 11.4 Å². The molecule has 0 spiro atoms. The van der Waals surface area contributed by atoms with Crippen molar-refractivity contribution in [3.63, 3.8) is 0 Å². The van der Waals surface area contributed by atoms with Crippen LogP contribution in [0.4, 0.5) is 5.69 Å². The van der Waals surface area contributed by atoms with Crippen molar-refractivity contribution in [3.05, 3.63) is 29.8 Å². The van der Waals surface area contributed by atoms with Crippen LogP contribution in [0.15, 0.2) is 24.3 Å². The number of amides is 2. The van der Waals surface area contributed by atoms with Gasteiger partial charge in [0, 0.05) is 31.6 Å². The lowest BCUT2D eigenvalue weighted by molar-refractivity contribution is -0.122. The number of benzene rings is 1. The molecule has 0 unspecified atom stereocenters. The van der Waals surface area contributed by atoms with Gasteiger partial charge in [0.05, 0.1) is 0 Å². The maximum Gasteiger partial charge on any atom is 0.227 e. The monoisotopic (exact) mass is 314 g/mol. The van der Waals surface area contributed by atoms with Gasteiger partial charge in [0.1, 0.15) is 0 Å². The van der Waals surface area contributed by atoms with Crippen LogP contribution in [0.2, 0.25) is 0 Å². The Labute approximate surface area is 138 Å². The lowest BCUT2D eigenvalue weighted by Gasteiger charge is -2.21. The summed E-state index contributed by atoms with van der Waals surface area (Å²) in [4.78, 5) is 25.6. The normalized spacial score (nSPS) is 19.1. The minimum atomic E-state index is 0.163.